The van der Waals surface area contributed by atoms with Gasteiger partial charge in [-0.25, -0.2) is 4.98 Å². The maximum atomic E-state index is 5.56. The van der Waals surface area contributed by atoms with Crippen LogP contribution in [-0.4, -0.2) is 30.0 Å². The first-order valence-electron chi connectivity index (χ1n) is 5.46. The molecule has 1 aromatic rings. The Morgan fingerprint density at radius 1 is 1.53 bits per heavy atom. The van der Waals surface area contributed by atoms with Gasteiger partial charge in [0, 0.05) is 24.0 Å². The quantitative estimate of drug-likeness (QED) is 0.836. The van der Waals surface area contributed by atoms with Crippen LogP contribution in [-0.2, 0) is 6.42 Å². The molecule has 0 aliphatic carbocycles. The Labute approximate surface area is 96.3 Å². The predicted molar refractivity (Wildman–Crippen MR) is 66.3 cm³/mol. The van der Waals surface area contributed by atoms with Gasteiger partial charge in [-0.2, -0.15) is 0 Å². The van der Waals surface area contributed by atoms with Crippen LogP contribution in [0.3, 0.4) is 0 Å². The minimum atomic E-state index is 0.423. The summed E-state index contributed by atoms with van der Waals surface area (Å²) in [4.78, 5) is 8.21. The van der Waals surface area contributed by atoms with Crippen molar-refractivity contribution in [2.24, 2.45) is 5.73 Å². The van der Waals surface area contributed by atoms with Crippen LogP contribution in [0.15, 0.2) is 0 Å². The van der Waals surface area contributed by atoms with Gasteiger partial charge in [0.2, 0.25) is 0 Å². The first kappa shape index (κ1) is 12.6. The summed E-state index contributed by atoms with van der Waals surface area (Å²) in [5, 5.41) is 1.23. The number of likely N-dealkylation sites (N-methyl/N-ethyl adjacent to an activating group) is 1. The van der Waals surface area contributed by atoms with Crippen LogP contribution >= 0.6 is 11.3 Å². The van der Waals surface area contributed by atoms with Gasteiger partial charge in [-0.1, -0.05) is 6.92 Å². The molecule has 0 bridgehead atoms. The van der Waals surface area contributed by atoms with Gasteiger partial charge in [-0.05, 0) is 27.3 Å². The molecule has 0 radical (unpaired) electrons. The predicted octanol–water partition coefficient (Wildman–Crippen LogP) is 1.97. The fourth-order valence-electron chi connectivity index (χ4n) is 1.60. The highest BCUT2D eigenvalue weighted by Crippen LogP contribution is 2.28. The van der Waals surface area contributed by atoms with Crippen LogP contribution in [0.1, 0.15) is 35.5 Å². The summed E-state index contributed by atoms with van der Waals surface area (Å²) in [5.41, 5.74) is 6.74. The van der Waals surface area contributed by atoms with Crippen LogP contribution in [0, 0.1) is 6.92 Å². The van der Waals surface area contributed by atoms with Crippen molar-refractivity contribution in [2.45, 2.75) is 33.2 Å². The van der Waals surface area contributed by atoms with Crippen molar-refractivity contribution >= 4 is 11.3 Å². The van der Waals surface area contributed by atoms with E-state index < -0.39 is 0 Å². The topological polar surface area (TPSA) is 42.2 Å². The van der Waals surface area contributed by atoms with E-state index in [9.17, 15) is 0 Å². The van der Waals surface area contributed by atoms with Gasteiger partial charge >= 0.3 is 0 Å². The molecule has 1 aromatic heterocycles. The zero-order chi connectivity index (χ0) is 11.4. The Bertz CT molecular complexity index is 309. The molecule has 0 aliphatic heterocycles. The summed E-state index contributed by atoms with van der Waals surface area (Å²) < 4.78 is 0. The fraction of sp³-hybridized carbons (Fsp3) is 0.727. The van der Waals surface area contributed by atoms with E-state index in [2.05, 4.69) is 37.7 Å². The molecule has 0 spiro atoms. The molecule has 1 unspecified atom stereocenters. The second-order valence-corrected chi connectivity index (χ2v) is 4.97. The number of aryl methyl sites for hydroxylation is 2. The van der Waals surface area contributed by atoms with E-state index in [1.807, 2.05) is 11.3 Å². The van der Waals surface area contributed by atoms with Crippen molar-refractivity contribution in [1.29, 1.82) is 0 Å². The fourth-order valence-corrected chi connectivity index (χ4v) is 2.73. The first-order valence-corrected chi connectivity index (χ1v) is 6.28. The Morgan fingerprint density at radius 2 is 2.20 bits per heavy atom. The maximum Gasteiger partial charge on any atom is 0.0928 e. The highest BCUT2D eigenvalue weighted by atomic mass is 32.1. The van der Waals surface area contributed by atoms with Crippen molar-refractivity contribution in [2.75, 3.05) is 20.1 Å². The second-order valence-electron chi connectivity index (χ2n) is 3.86. The average molecular weight is 227 g/mol. The Hall–Kier alpha value is -0.450. The number of thiazole rings is 1. The molecule has 1 rings (SSSR count). The molecular formula is C11H21N3S. The van der Waals surface area contributed by atoms with Crippen LogP contribution < -0.4 is 5.73 Å². The lowest BCUT2D eigenvalue weighted by Crippen LogP contribution is -2.28. The molecule has 0 saturated heterocycles. The molecule has 0 fully saturated rings. The lowest BCUT2D eigenvalue weighted by atomic mass is 10.2. The van der Waals surface area contributed by atoms with Crippen LogP contribution in [0.25, 0.3) is 0 Å². The molecule has 4 heteroatoms. The van der Waals surface area contributed by atoms with Gasteiger partial charge in [0.1, 0.15) is 0 Å². The van der Waals surface area contributed by atoms with E-state index in [4.69, 9.17) is 5.73 Å². The molecular weight excluding hydrogens is 206 g/mol. The summed E-state index contributed by atoms with van der Waals surface area (Å²) in [6, 6.07) is 0.423. The first-order chi connectivity index (χ1) is 7.10. The van der Waals surface area contributed by atoms with Crippen molar-refractivity contribution < 1.29 is 0 Å². The van der Waals surface area contributed by atoms with Gasteiger partial charge in [-0.15, -0.1) is 11.3 Å². The second kappa shape index (κ2) is 5.58. The monoisotopic (exact) mass is 227 g/mol. The summed E-state index contributed by atoms with van der Waals surface area (Å²) in [6.45, 7) is 8.10. The van der Waals surface area contributed by atoms with Gasteiger partial charge in [0.05, 0.1) is 10.7 Å². The van der Waals surface area contributed by atoms with Crippen molar-refractivity contribution in [3.63, 3.8) is 0 Å². The largest absolute Gasteiger partial charge is 0.329 e. The highest BCUT2D eigenvalue weighted by Gasteiger charge is 2.16. The summed E-state index contributed by atoms with van der Waals surface area (Å²) in [5.74, 6) is 0. The normalized spacial score (nSPS) is 13.5. The molecule has 15 heavy (non-hydrogen) atoms. The van der Waals surface area contributed by atoms with Crippen LogP contribution in [0.2, 0.25) is 0 Å². The van der Waals surface area contributed by atoms with Gasteiger partial charge in [0.25, 0.3) is 0 Å². The smallest absolute Gasteiger partial charge is 0.0928 e. The third kappa shape index (κ3) is 3.00. The molecule has 0 amide bonds. The van der Waals surface area contributed by atoms with E-state index in [1.54, 1.807) is 0 Å². The molecule has 0 aliphatic rings. The SMILES string of the molecule is CCc1nc(C)c(C(C)N(C)CCN)s1. The average Bonchev–Trinajstić information content (AvgIpc) is 2.59. The van der Waals surface area contributed by atoms with E-state index in [-0.39, 0.29) is 0 Å². The van der Waals surface area contributed by atoms with E-state index in [0.717, 1.165) is 13.0 Å². The zero-order valence-electron chi connectivity index (χ0n) is 10.1. The van der Waals surface area contributed by atoms with Crippen LogP contribution in [0.4, 0.5) is 0 Å². The molecule has 1 heterocycles. The molecule has 2 N–H and O–H groups in total. The molecule has 1 atom stereocenters. The van der Waals surface area contributed by atoms with E-state index in [1.165, 1.54) is 15.6 Å². The van der Waals surface area contributed by atoms with Crippen LogP contribution in [0.5, 0.6) is 0 Å². The summed E-state index contributed by atoms with van der Waals surface area (Å²) >= 11 is 1.83. The van der Waals surface area contributed by atoms with Gasteiger partial charge in [-0.3, -0.25) is 4.90 Å². The van der Waals surface area contributed by atoms with Crippen molar-refractivity contribution in [3.8, 4) is 0 Å². The molecule has 0 aromatic carbocycles. The number of hydrogen-bond donors (Lipinski definition) is 1. The minimum absolute atomic E-state index is 0.423. The van der Waals surface area contributed by atoms with Crippen molar-refractivity contribution in [3.05, 3.63) is 15.6 Å². The zero-order valence-corrected chi connectivity index (χ0v) is 10.9. The molecule has 0 saturated carbocycles. The van der Waals surface area contributed by atoms with Crippen molar-refractivity contribution in [1.82, 2.24) is 9.88 Å². The molecule has 3 nitrogen and oxygen atoms in total. The number of nitrogens with zero attached hydrogens (tertiary/aromatic N) is 2. The highest BCUT2D eigenvalue weighted by molar-refractivity contribution is 7.11. The standard InChI is InChI=1S/C11H21N3S/c1-5-10-13-8(2)11(15-10)9(3)14(4)7-6-12/h9H,5-7,12H2,1-4H3. The lowest BCUT2D eigenvalue weighted by Gasteiger charge is -2.23. The number of hydrogen-bond acceptors (Lipinski definition) is 4. The summed E-state index contributed by atoms with van der Waals surface area (Å²) in [6.07, 6.45) is 1.03. The van der Waals surface area contributed by atoms with E-state index >= 15 is 0 Å². The molecule has 86 valence electrons. The third-order valence-corrected chi connectivity index (χ3v) is 4.17. The van der Waals surface area contributed by atoms with Gasteiger partial charge < -0.3 is 5.73 Å². The minimum Gasteiger partial charge on any atom is -0.329 e. The Kier molecular flexibility index (Phi) is 4.70. The number of nitrogens with two attached hydrogens (primary N) is 1. The third-order valence-electron chi connectivity index (χ3n) is 2.70. The van der Waals surface area contributed by atoms with E-state index in [0.29, 0.717) is 12.6 Å². The van der Waals surface area contributed by atoms with Gasteiger partial charge in [0.15, 0.2) is 0 Å². The number of rotatable bonds is 5. The summed E-state index contributed by atoms with van der Waals surface area (Å²) in [7, 11) is 2.11. The number of aromatic nitrogens is 1. The lowest BCUT2D eigenvalue weighted by molar-refractivity contribution is 0.271. The Balaban J connectivity index is 2.80. The Morgan fingerprint density at radius 3 is 2.67 bits per heavy atom. The maximum absolute atomic E-state index is 5.56.